The summed E-state index contributed by atoms with van der Waals surface area (Å²) in [5.74, 6) is 0.186. The Balaban J connectivity index is 1.97. The molecule has 1 aliphatic rings. The minimum absolute atomic E-state index is 0.103. The molecule has 1 fully saturated rings. The summed E-state index contributed by atoms with van der Waals surface area (Å²) in [7, 11) is 0. The molecule has 1 aliphatic heterocycles. The van der Waals surface area contributed by atoms with E-state index >= 15 is 0 Å². The molecular formula is C13H17NO2S. The number of hydrogen-bond donors (Lipinski definition) is 2. The highest BCUT2D eigenvalue weighted by molar-refractivity contribution is 8.00. The lowest BCUT2D eigenvalue weighted by molar-refractivity contribution is -0.138. The van der Waals surface area contributed by atoms with Crippen LogP contribution in [0.1, 0.15) is 17.5 Å². The molecule has 2 rings (SSSR count). The van der Waals surface area contributed by atoms with E-state index in [1.165, 1.54) is 11.1 Å². The quantitative estimate of drug-likeness (QED) is 0.841. The van der Waals surface area contributed by atoms with Crippen LogP contribution in [-0.4, -0.2) is 28.9 Å². The Morgan fingerprint density at radius 3 is 2.71 bits per heavy atom. The van der Waals surface area contributed by atoms with Gasteiger partial charge in [0.25, 0.3) is 0 Å². The molecule has 0 radical (unpaired) electrons. The third-order valence-electron chi connectivity index (χ3n) is 3.16. The van der Waals surface area contributed by atoms with Crippen molar-refractivity contribution in [1.29, 1.82) is 0 Å². The van der Waals surface area contributed by atoms with Crippen molar-refractivity contribution in [2.45, 2.75) is 23.8 Å². The van der Waals surface area contributed by atoms with Crippen molar-refractivity contribution < 1.29 is 9.90 Å². The Kier molecular flexibility index (Phi) is 3.74. The van der Waals surface area contributed by atoms with Crippen LogP contribution in [0.3, 0.4) is 0 Å². The van der Waals surface area contributed by atoms with Gasteiger partial charge in [-0.3, -0.25) is 4.79 Å². The number of benzene rings is 1. The summed E-state index contributed by atoms with van der Waals surface area (Å²) >= 11 is 1.76. The summed E-state index contributed by atoms with van der Waals surface area (Å²) in [6.07, 6.45) is 0.247. The number of carboxylic acids is 1. The number of nitrogens with one attached hydrogen (secondary N) is 1. The zero-order valence-electron chi connectivity index (χ0n) is 9.90. The van der Waals surface area contributed by atoms with Gasteiger partial charge in [-0.15, -0.1) is 11.8 Å². The van der Waals surface area contributed by atoms with E-state index in [1.807, 2.05) is 12.1 Å². The topological polar surface area (TPSA) is 49.3 Å². The third kappa shape index (κ3) is 3.01. The van der Waals surface area contributed by atoms with Crippen LogP contribution < -0.4 is 5.32 Å². The molecule has 0 spiro atoms. The van der Waals surface area contributed by atoms with Crippen molar-refractivity contribution in [2.24, 2.45) is 0 Å². The van der Waals surface area contributed by atoms with E-state index in [-0.39, 0.29) is 11.2 Å². The summed E-state index contributed by atoms with van der Waals surface area (Å²) in [6, 6.07) is 8.27. The van der Waals surface area contributed by atoms with Gasteiger partial charge < -0.3 is 10.4 Å². The monoisotopic (exact) mass is 251 g/mol. The minimum Gasteiger partial charge on any atom is -0.481 e. The Labute approximate surface area is 106 Å². The van der Waals surface area contributed by atoms with Gasteiger partial charge in [-0.05, 0) is 18.1 Å². The van der Waals surface area contributed by atoms with Crippen LogP contribution >= 0.6 is 11.8 Å². The predicted molar refractivity (Wildman–Crippen MR) is 70.3 cm³/mol. The maximum absolute atomic E-state index is 10.8. The van der Waals surface area contributed by atoms with Crippen molar-refractivity contribution in [3.8, 4) is 0 Å². The van der Waals surface area contributed by atoms with Gasteiger partial charge in [-0.25, -0.2) is 0 Å². The molecule has 0 aliphatic carbocycles. The highest BCUT2D eigenvalue weighted by Crippen LogP contribution is 2.35. The van der Waals surface area contributed by atoms with Crippen molar-refractivity contribution in [3.63, 3.8) is 0 Å². The second-order valence-corrected chi connectivity index (χ2v) is 6.02. The molecule has 1 aromatic rings. The first-order valence-corrected chi connectivity index (χ1v) is 6.71. The van der Waals surface area contributed by atoms with Gasteiger partial charge in [0.05, 0.1) is 11.2 Å². The Morgan fingerprint density at radius 1 is 1.47 bits per heavy atom. The zero-order chi connectivity index (χ0) is 12.3. The van der Waals surface area contributed by atoms with Crippen LogP contribution in [-0.2, 0) is 10.5 Å². The average Bonchev–Trinajstić information content (AvgIpc) is 2.23. The Hall–Kier alpha value is -1.00. The highest BCUT2D eigenvalue weighted by Gasteiger charge is 2.39. The normalized spacial score (nSPS) is 17.5. The smallest absolute Gasteiger partial charge is 0.304 e. The van der Waals surface area contributed by atoms with E-state index in [0.717, 1.165) is 18.8 Å². The molecule has 1 saturated heterocycles. The molecule has 1 aromatic carbocycles. The lowest BCUT2D eigenvalue weighted by Gasteiger charge is -2.41. The Morgan fingerprint density at radius 2 is 2.18 bits per heavy atom. The first kappa shape index (κ1) is 12.5. The van der Waals surface area contributed by atoms with Crippen molar-refractivity contribution in [3.05, 3.63) is 35.4 Å². The fourth-order valence-corrected chi connectivity index (χ4v) is 3.38. The SMILES string of the molecule is Cc1ccccc1CSC1(CC(=O)O)CNC1. The summed E-state index contributed by atoms with van der Waals surface area (Å²) in [5.41, 5.74) is 2.58. The molecule has 0 saturated carbocycles. The Bertz CT molecular complexity index is 416. The molecule has 2 N–H and O–H groups in total. The van der Waals surface area contributed by atoms with Crippen LogP contribution in [0, 0.1) is 6.92 Å². The van der Waals surface area contributed by atoms with Crippen LogP contribution in [0.4, 0.5) is 0 Å². The predicted octanol–water partition coefficient (Wildman–Crippen LogP) is 2.04. The molecule has 3 nitrogen and oxygen atoms in total. The minimum atomic E-state index is -0.705. The number of aliphatic carboxylic acids is 1. The van der Waals surface area contributed by atoms with Crippen LogP contribution in [0.25, 0.3) is 0 Å². The van der Waals surface area contributed by atoms with Crippen molar-refractivity contribution in [2.75, 3.05) is 13.1 Å². The number of carboxylic acid groups (broad SMARTS) is 1. The van der Waals surface area contributed by atoms with Gasteiger partial charge in [-0.2, -0.15) is 0 Å². The summed E-state index contributed by atoms with van der Waals surface area (Å²) in [4.78, 5) is 10.8. The molecule has 1 heterocycles. The maximum Gasteiger partial charge on any atom is 0.304 e. The largest absolute Gasteiger partial charge is 0.481 e. The second kappa shape index (κ2) is 5.10. The lowest BCUT2D eigenvalue weighted by Crippen LogP contribution is -2.58. The van der Waals surface area contributed by atoms with Crippen LogP contribution in [0.2, 0.25) is 0 Å². The van der Waals surface area contributed by atoms with Gasteiger partial charge in [0.1, 0.15) is 0 Å². The van der Waals surface area contributed by atoms with E-state index < -0.39 is 5.97 Å². The average molecular weight is 251 g/mol. The molecule has 0 bridgehead atoms. The first-order valence-electron chi connectivity index (χ1n) is 5.72. The third-order valence-corrected chi connectivity index (χ3v) is 4.66. The van der Waals surface area contributed by atoms with Gasteiger partial charge in [0.15, 0.2) is 0 Å². The molecule has 0 unspecified atom stereocenters. The van der Waals surface area contributed by atoms with Crippen LogP contribution in [0.5, 0.6) is 0 Å². The van der Waals surface area contributed by atoms with Crippen molar-refractivity contribution in [1.82, 2.24) is 5.32 Å². The summed E-state index contributed by atoms with van der Waals surface area (Å²) < 4.78 is -0.103. The van der Waals surface area contributed by atoms with E-state index in [4.69, 9.17) is 5.11 Å². The number of aryl methyl sites for hydroxylation is 1. The summed E-state index contributed by atoms with van der Waals surface area (Å²) in [5, 5.41) is 12.1. The van der Waals surface area contributed by atoms with E-state index in [9.17, 15) is 4.79 Å². The van der Waals surface area contributed by atoms with Gasteiger partial charge in [0, 0.05) is 18.8 Å². The van der Waals surface area contributed by atoms with Gasteiger partial charge in [-0.1, -0.05) is 24.3 Å². The van der Waals surface area contributed by atoms with E-state index in [2.05, 4.69) is 24.4 Å². The highest BCUT2D eigenvalue weighted by atomic mass is 32.2. The fourth-order valence-electron chi connectivity index (χ4n) is 1.96. The van der Waals surface area contributed by atoms with Crippen LogP contribution in [0.15, 0.2) is 24.3 Å². The number of hydrogen-bond acceptors (Lipinski definition) is 3. The molecular weight excluding hydrogens is 234 g/mol. The molecule has 0 aromatic heterocycles. The first-order chi connectivity index (χ1) is 8.11. The molecule has 4 heteroatoms. The van der Waals surface area contributed by atoms with Gasteiger partial charge in [0.2, 0.25) is 0 Å². The molecule has 0 amide bonds. The zero-order valence-corrected chi connectivity index (χ0v) is 10.7. The van der Waals surface area contributed by atoms with Crippen molar-refractivity contribution >= 4 is 17.7 Å². The maximum atomic E-state index is 10.8. The second-order valence-electron chi connectivity index (χ2n) is 4.57. The lowest BCUT2D eigenvalue weighted by atomic mass is 9.98. The number of carbonyl (C=O) groups is 1. The summed E-state index contributed by atoms with van der Waals surface area (Å²) in [6.45, 7) is 3.70. The number of thioether (sulfide) groups is 1. The molecule has 92 valence electrons. The van der Waals surface area contributed by atoms with E-state index in [0.29, 0.717) is 0 Å². The van der Waals surface area contributed by atoms with E-state index in [1.54, 1.807) is 11.8 Å². The molecule has 0 atom stereocenters. The number of rotatable bonds is 5. The van der Waals surface area contributed by atoms with Gasteiger partial charge >= 0.3 is 5.97 Å². The molecule has 17 heavy (non-hydrogen) atoms. The fraction of sp³-hybridized carbons (Fsp3) is 0.462. The standard InChI is InChI=1S/C13H17NO2S/c1-10-4-2-3-5-11(10)7-17-13(6-12(15)16)8-14-9-13/h2-5,14H,6-9H2,1H3,(H,15,16).